The van der Waals surface area contributed by atoms with Crippen molar-refractivity contribution in [2.45, 2.75) is 12.8 Å². The van der Waals surface area contributed by atoms with Crippen LogP contribution in [-0.4, -0.2) is 49.7 Å². The van der Waals surface area contributed by atoms with Crippen LogP contribution in [0.2, 0.25) is 0 Å². The second kappa shape index (κ2) is 10.4. The van der Waals surface area contributed by atoms with E-state index in [1.807, 2.05) is 69.6 Å². The number of esters is 1. The lowest BCUT2D eigenvalue weighted by molar-refractivity contribution is 0.0519. The molecule has 0 saturated heterocycles. The van der Waals surface area contributed by atoms with Gasteiger partial charge in [-0.25, -0.2) is 4.79 Å². The van der Waals surface area contributed by atoms with Crippen molar-refractivity contribution >= 4 is 16.9 Å². The molecule has 1 atom stereocenters. The summed E-state index contributed by atoms with van der Waals surface area (Å²) in [5, 5.41) is 1.01. The van der Waals surface area contributed by atoms with Crippen molar-refractivity contribution in [2.24, 2.45) is 0 Å². The van der Waals surface area contributed by atoms with E-state index >= 15 is 0 Å². The summed E-state index contributed by atoms with van der Waals surface area (Å²) < 4.78 is 11.3. The molecule has 4 aromatic rings. The average molecular weight is 443 g/mol. The third-order valence-electron chi connectivity index (χ3n) is 5.67. The summed E-state index contributed by atoms with van der Waals surface area (Å²) in [5.41, 5.74) is 4.53. The second-order valence-electron chi connectivity index (χ2n) is 8.24. The first-order valence-electron chi connectivity index (χ1n) is 11.3. The maximum absolute atomic E-state index is 13.0. The van der Waals surface area contributed by atoms with Crippen LogP contribution >= 0.6 is 0 Å². The largest absolute Gasteiger partial charge is 0.492 e. The molecule has 1 unspecified atom stereocenters. The molecule has 0 aliphatic rings. The minimum Gasteiger partial charge on any atom is -0.492 e. The minimum absolute atomic E-state index is 0.141. The summed E-state index contributed by atoms with van der Waals surface area (Å²) in [4.78, 5) is 18.4. The molecule has 1 heterocycles. The predicted octanol–water partition coefficient (Wildman–Crippen LogP) is 5.47. The van der Waals surface area contributed by atoms with Crippen molar-refractivity contribution < 1.29 is 14.3 Å². The number of carbonyl (C=O) groups excluding carboxylic acids is 1. The van der Waals surface area contributed by atoms with Crippen LogP contribution in [-0.2, 0) is 4.74 Å². The molecule has 0 radical (unpaired) electrons. The number of rotatable bonds is 9. The van der Waals surface area contributed by atoms with Crippen LogP contribution in [0.15, 0.2) is 78.9 Å². The standard InChI is InChI=1S/C28H30N2O3/c1-4-32-28(31)27-26(23-12-8-9-13-24(23)29-27)25(20-10-6-5-7-11-20)21-14-16-22(17-15-21)33-19-18-30(2)3/h5-17,25,29H,4,18-19H2,1-3H3. The molecule has 1 aromatic heterocycles. The Morgan fingerprint density at radius 1 is 0.909 bits per heavy atom. The van der Waals surface area contributed by atoms with Crippen molar-refractivity contribution in [1.82, 2.24) is 9.88 Å². The molecule has 170 valence electrons. The molecule has 0 saturated carbocycles. The summed E-state index contributed by atoms with van der Waals surface area (Å²) in [7, 11) is 4.05. The number of nitrogens with zero attached hydrogens (tertiary/aromatic N) is 1. The first-order valence-corrected chi connectivity index (χ1v) is 11.3. The predicted molar refractivity (Wildman–Crippen MR) is 132 cm³/mol. The molecule has 3 aromatic carbocycles. The smallest absolute Gasteiger partial charge is 0.355 e. The van der Waals surface area contributed by atoms with Gasteiger partial charge in [-0.05, 0) is 50.3 Å². The molecule has 0 fully saturated rings. The molecule has 1 N–H and O–H groups in total. The monoisotopic (exact) mass is 442 g/mol. The summed E-state index contributed by atoms with van der Waals surface area (Å²) in [6.07, 6.45) is 0. The second-order valence-corrected chi connectivity index (χ2v) is 8.24. The number of likely N-dealkylation sites (N-methyl/N-ethyl adjacent to an activating group) is 1. The van der Waals surface area contributed by atoms with Crippen molar-refractivity contribution in [3.63, 3.8) is 0 Å². The van der Waals surface area contributed by atoms with E-state index in [1.165, 1.54) is 0 Å². The van der Waals surface area contributed by atoms with Gasteiger partial charge in [0.25, 0.3) is 0 Å². The third kappa shape index (κ3) is 5.10. The fraction of sp³-hybridized carbons (Fsp3) is 0.250. The highest BCUT2D eigenvalue weighted by Gasteiger charge is 2.28. The molecular weight excluding hydrogens is 412 g/mol. The number of benzene rings is 3. The minimum atomic E-state index is -0.340. The zero-order valence-corrected chi connectivity index (χ0v) is 19.4. The van der Waals surface area contributed by atoms with Crippen LogP contribution in [0.25, 0.3) is 10.9 Å². The first kappa shape index (κ1) is 22.6. The fourth-order valence-electron chi connectivity index (χ4n) is 4.10. The SMILES string of the molecule is CCOC(=O)c1[nH]c2ccccc2c1C(c1ccccc1)c1ccc(OCCN(C)C)cc1. The van der Waals surface area contributed by atoms with E-state index in [9.17, 15) is 4.79 Å². The Bertz CT molecular complexity index is 1200. The van der Waals surface area contributed by atoms with Gasteiger partial charge in [0.1, 0.15) is 18.1 Å². The van der Waals surface area contributed by atoms with Gasteiger partial charge >= 0.3 is 5.97 Å². The average Bonchev–Trinajstić information content (AvgIpc) is 3.20. The van der Waals surface area contributed by atoms with Crippen LogP contribution in [0.1, 0.15) is 40.0 Å². The number of para-hydroxylation sites is 1. The number of ether oxygens (including phenoxy) is 2. The maximum Gasteiger partial charge on any atom is 0.355 e. The number of hydrogen-bond donors (Lipinski definition) is 1. The van der Waals surface area contributed by atoms with Gasteiger partial charge < -0.3 is 19.4 Å². The molecule has 0 aliphatic carbocycles. The summed E-state index contributed by atoms with van der Waals surface area (Å²) >= 11 is 0. The summed E-state index contributed by atoms with van der Waals surface area (Å²) in [5.74, 6) is 0.350. The van der Waals surface area contributed by atoms with Gasteiger partial charge in [-0.3, -0.25) is 0 Å². The van der Waals surface area contributed by atoms with Gasteiger partial charge in [-0.15, -0.1) is 0 Å². The Morgan fingerprint density at radius 3 is 2.27 bits per heavy atom. The van der Waals surface area contributed by atoms with E-state index in [-0.39, 0.29) is 11.9 Å². The lowest BCUT2D eigenvalue weighted by atomic mass is 9.83. The van der Waals surface area contributed by atoms with E-state index in [0.717, 1.165) is 39.9 Å². The lowest BCUT2D eigenvalue weighted by Gasteiger charge is -2.20. The zero-order chi connectivity index (χ0) is 23.2. The number of aromatic nitrogens is 1. The fourth-order valence-corrected chi connectivity index (χ4v) is 4.10. The van der Waals surface area contributed by atoms with E-state index in [2.05, 4.69) is 40.2 Å². The topological polar surface area (TPSA) is 54.6 Å². The van der Waals surface area contributed by atoms with Crippen molar-refractivity contribution in [3.8, 4) is 5.75 Å². The first-order chi connectivity index (χ1) is 16.1. The Labute approximate surface area is 195 Å². The summed E-state index contributed by atoms with van der Waals surface area (Å²) in [6, 6.07) is 26.4. The van der Waals surface area contributed by atoms with Crippen LogP contribution in [0.5, 0.6) is 5.75 Å². The van der Waals surface area contributed by atoms with Crippen molar-refractivity contribution in [1.29, 1.82) is 0 Å². The van der Waals surface area contributed by atoms with Crippen LogP contribution in [0.4, 0.5) is 0 Å². The molecular formula is C28H30N2O3. The lowest BCUT2D eigenvalue weighted by Crippen LogP contribution is -2.19. The molecule has 33 heavy (non-hydrogen) atoms. The van der Waals surface area contributed by atoms with Gasteiger partial charge in [0.15, 0.2) is 0 Å². The number of H-pyrrole nitrogens is 1. The van der Waals surface area contributed by atoms with Crippen LogP contribution in [0, 0.1) is 0 Å². The quantitative estimate of drug-likeness (QED) is 0.350. The number of hydrogen-bond acceptors (Lipinski definition) is 4. The van der Waals surface area contributed by atoms with Gasteiger partial charge in [0.2, 0.25) is 0 Å². The van der Waals surface area contributed by atoms with E-state index < -0.39 is 0 Å². The van der Waals surface area contributed by atoms with Crippen molar-refractivity contribution in [2.75, 3.05) is 33.9 Å². The number of nitrogens with one attached hydrogen (secondary N) is 1. The number of fused-ring (bicyclic) bond motifs is 1. The maximum atomic E-state index is 13.0. The Balaban J connectivity index is 1.81. The highest BCUT2D eigenvalue weighted by atomic mass is 16.5. The Kier molecular flexibility index (Phi) is 7.10. The Morgan fingerprint density at radius 2 is 1.58 bits per heavy atom. The van der Waals surface area contributed by atoms with Crippen LogP contribution in [0.3, 0.4) is 0 Å². The van der Waals surface area contributed by atoms with Crippen molar-refractivity contribution in [3.05, 3.63) is 101 Å². The number of carbonyl (C=O) groups is 1. The molecule has 0 amide bonds. The molecule has 0 spiro atoms. The van der Waals surface area contributed by atoms with E-state index in [1.54, 1.807) is 0 Å². The molecule has 4 rings (SSSR count). The van der Waals surface area contributed by atoms with E-state index in [4.69, 9.17) is 9.47 Å². The normalized spacial score (nSPS) is 12.1. The zero-order valence-electron chi connectivity index (χ0n) is 19.4. The highest BCUT2D eigenvalue weighted by Crippen LogP contribution is 2.39. The number of aromatic amines is 1. The highest BCUT2D eigenvalue weighted by molar-refractivity contribution is 5.99. The third-order valence-corrected chi connectivity index (χ3v) is 5.67. The van der Waals surface area contributed by atoms with Gasteiger partial charge in [-0.2, -0.15) is 0 Å². The van der Waals surface area contributed by atoms with Gasteiger partial charge in [0.05, 0.1) is 6.61 Å². The molecule has 5 heteroatoms. The molecule has 0 bridgehead atoms. The molecule has 0 aliphatic heterocycles. The van der Waals surface area contributed by atoms with Gasteiger partial charge in [0, 0.05) is 28.9 Å². The molecule has 5 nitrogen and oxygen atoms in total. The van der Waals surface area contributed by atoms with E-state index in [0.29, 0.717) is 18.9 Å². The van der Waals surface area contributed by atoms with Gasteiger partial charge in [-0.1, -0.05) is 60.7 Å². The Hall–Kier alpha value is -3.57. The van der Waals surface area contributed by atoms with Crippen LogP contribution < -0.4 is 4.74 Å². The summed E-state index contributed by atoms with van der Waals surface area (Å²) in [6.45, 7) is 3.63.